The van der Waals surface area contributed by atoms with Gasteiger partial charge in [-0.15, -0.1) is 0 Å². The number of ether oxygens (including phenoxy) is 1. The summed E-state index contributed by atoms with van der Waals surface area (Å²) in [4.78, 5) is 39.8. The third-order valence-electron chi connectivity index (χ3n) is 6.67. The number of allylic oxidation sites excluding steroid dienone is 2. The van der Waals surface area contributed by atoms with Gasteiger partial charge in [-0.3, -0.25) is 24.8 Å². The van der Waals surface area contributed by atoms with E-state index in [-0.39, 0.29) is 49.7 Å². The molecule has 1 fully saturated rings. The Morgan fingerprint density at radius 1 is 0.919 bits per heavy atom. The van der Waals surface area contributed by atoms with Gasteiger partial charge in [0.15, 0.2) is 0 Å². The molecule has 0 aromatic heterocycles. The van der Waals surface area contributed by atoms with Crippen LogP contribution in [0.3, 0.4) is 0 Å². The maximum atomic E-state index is 12.2. The summed E-state index contributed by atoms with van der Waals surface area (Å²) in [5, 5.41) is 39.4. The third kappa shape index (κ3) is 15.8. The van der Waals surface area contributed by atoms with Crippen LogP contribution in [0.25, 0.3) is 0 Å². The van der Waals surface area contributed by atoms with E-state index in [1.54, 1.807) is 0 Å². The largest absolute Gasteiger partial charge is 0.462 e. The Morgan fingerprint density at radius 3 is 2.38 bits per heavy atom. The van der Waals surface area contributed by atoms with Gasteiger partial charge in [0.2, 0.25) is 5.91 Å². The molecule has 0 unspecified atom stereocenters. The van der Waals surface area contributed by atoms with Crippen molar-refractivity contribution in [2.45, 2.75) is 103 Å². The van der Waals surface area contributed by atoms with E-state index in [9.17, 15) is 24.6 Å². The number of esters is 1. The highest BCUT2D eigenvalue weighted by Gasteiger charge is 2.40. The smallest absolute Gasteiger partial charge is 0.325 e. The number of nitrogens with zero attached hydrogens (tertiary/aromatic N) is 1. The average Bonchev–Trinajstić information content (AvgIpc) is 3.12. The first kappa shape index (κ1) is 33.1. The first-order valence-corrected chi connectivity index (χ1v) is 13.5. The molecule has 5 N–H and O–H groups in total. The number of hydrogen-bond acceptors (Lipinski definition) is 10. The van der Waals surface area contributed by atoms with E-state index in [1.165, 1.54) is 19.3 Å². The third-order valence-corrected chi connectivity index (χ3v) is 6.67. The first-order chi connectivity index (χ1) is 17.7. The number of aliphatic hydroxyl groups is 2. The van der Waals surface area contributed by atoms with Crippen LogP contribution in [0, 0.1) is 11.8 Å². The summed E-state index contributed by atoms with van der Waals surface area (Å²) >= 11 is 0. The van der Waals surface area contributed by atoms with Crippen LogP contribution in [-0.2, 0) is 24.0 Å². The van der Waals surface area contributed by atoms with E-state index in [0.717, 1.165) is 12.8 Å². The van der Waals surface area contributed by atoms with Crippen molar-refractivity contribution in [3.05, 3.63) is 12.2 Å². The fraction of sp³-hybridized carbons (Fsp3) is 0.808. The van der Waals surface area contributed by atoms with Crippen molar-refractivity contribution in [1.82, 2.24) is 10.7 Å². The van der Waals surface area contributed by atoms with Crippen molar-refractivity contribution in [2.24, 2.45) is 11.8 Å². The number of rotatable bonds is 21. The van der Waals surface area contributed by atoms with Crippen LogP contribution < -0.4 is 5.32 Å². The van der Waals surface area contributed by atoms with Gasteiger partial charge in [0.25, 0.3) is 0 Å². The Balaban J connectivity index is 2.21. The van der Waals surface area contributed by atoms with Crippen molar-refractivity contribution in [3.63, 3.8) is 0 Å². The predicted octanol–water partition coefficient (Wildman–Crippen LogP) is 2.84. The van der Waals surface area contributed by atoms with Gasteiger partial charge in [0, 0.05) is 19.3 Å². The second-order valence-electron chi connectivity index (χ2n) is 9.62. The second-order valence-corrected chi connectivity index (χ2v) is 9.62. The Labute approximate surface area is 219 Å². The SMILES string of the molecule is CCCCCCCC(=O)CC[C@@H]1[C@@H](C/C=C\CCCC(=O)NCC(=O)OCCON(O)O)[C@@H](O)C[C@H]1O. The van der Waals surface area contributed by atoms with Crippen LogP contribution in [0.5, 0.6) is 0 Å². The molecule has 0 radical (unpaired) electrons. The molecule has 1 aliphatic rings. The van der Waals surface area contributed by atoms with Crippen LogP contribution >= 0.6 is 0 Å². The van der Waals surface area contributed by atoms with Crippen LogP contribution in [0.2, 0.25) is 0 Å². The highest BCUT2D eigenvalue weighted by Crippen LogP contribution is 2.38. The van der Waals surface area contributed by atoms with Crippen molar-refractivity contribution in [1.29, 1.82) is 0 Å². The van der Waals surface area contributed by atoms with E-state index in [0.29, 0.717) is 44.9 Å². The van der Waals surface area contributed by atoms with Gasteiger partial charge < -0.3 is 20.3 Å². The molecule has 1 aliphatic carbocycles. The molecule has 11 heteroatoms. The number of carbonyl (C=O) groups excluding carboxylic acids is 3. The lowest BCUT2D eigenvalue weighted by atomic mass is 9.86. The van der Waals surface area contributed by atoms with E-state index in [1.807, 2.05) is 12.2 Å². The average molecular weight is 531 g/mol. The van der Waals surface area contributed by atoms with E-state index in [2.05, 4.69) is 17.1 Å². The Bertz CT molecular complexity index is 687. The molecule has 0 aliphatic heterocycles. The topological polar surface area (TPSA) is 166 Å². The molecule has 0 saturated heterocycles. The molecule has 1 rings (SSSR count). The van der Waals surface area contributed by atoms with Gasteiger partial charge in [-0.1, -0.05) is 44.8 Å². The molecular formula is C26H46N2O9. The summed E-state index contributed by atoms with van der Waals surface area (Å²) in [7, 11) is 0. The van der Waals surface area contributed by atoms with E-state index in [4.69, 9.17) is 15.2 Å². The minimum atomic E-state index is -0.667. The maximum Gasteiger partial charge on any atom is 0.325 e. The summed E-state index contributed by atoms with van der Waals surface area (Å²) in [6, 6.07) is 0. The van der Waals surface area contributed by atoms with Crippen LogP contribution in [0.1, 0.15) is 90.4 Å². The zero-order chi connectivity index (χ0) is 27.5. The van der Waals surface area contributed by atoms with E-state index < -0.39 is 23.6 Å². The Morgan fingerprint density at radius 2 is 1.65 bits per heavy atom. The molecule has 0 spiro atoms. The second kappa shape index (κ2) is 20.1. The quantitative estimate of drug-likeness (QED) is 0.0644. The normalized spacial score (nSPS) is 21.6. The summed E-state index contributed by atoms with van der Waals surface area (Å²) < 4.78 is 4.74. The number of carbonyl (C=O) groups is 3. The number of unbranched alkanes of at least 4 members (excludes halogenated alkanes) is 5. The van der Waals surface area contributed by atoms with Crippen molar-refractivity contribution in [2.75, 3.05) is 19.8 Å². The Kier molecular flexibility index (Phi) is 18.0. The lowest BCUT2D eigenvalue weighted by Gasteiger charge is -2.22. The van der Waals surface area contributed by atoms with Crippen LogP contribution in [-0.4, -0.2) is 75.6 Å². The molecule has 1 saturated carbocycles. The van der Waals surface area contributed by atoms with Gasteiger partial charge in [-0.05, 0) is 50.4 Å². The molecule has 11 nitrogen and oxygen atoms in total. The zero-order valence-corrected chi connectivity index (χ0v) is 22.1. The monoisotopic (exact) mass is 530 g/mol. The van der Waals surface area contributed by atoms with Crippen molar-refractivity contribution >= 4 is 17.7 Å². The summed E-state index contributed by atoms with van der Waals surface area (Å²) in [6.45, 7) is 1.44. The Hall–Kier alpha value is -1.89. The highest BCUT2D eigenvalue weighted by molar-refractivity contribution is 5.81. The summed E-state index contributed by atoms with van der Waals surface area (Å²) in [6.07, 6.45) is 12.4. The molecule has 37 heavy (non-hydrogen) atoms. The number of ketones is 1. The summed E-state index contributed by atoms with van der Waals surface area (Å²) in [5.74, 6) is -0.893. The maximum absolute atomic E-state index is 12.2. The predicted molar refractivity (Wildman–Crippen MR) is 134 cm³/mol. The molecule has 0 aromatic carbocycles. The summed E-state index contributed by atoms with van der Waals surface area (Å²) in [5.41, 5.74) is 0. The molecule has 214 valence electrons. The lowest BCUT2D eigenvalue weighted by Crippen LogP contribution is -2.31. The highest BCUT2D eigenvalue weighted by atomic mass is 17.1. The lowest BCUT2D eigenvalue weighted by molar-refractivity contribution is -0.493. The number of hydrogen-bond donors (Lipinski definition) is 5. The molecule has 4 atom stereocenters. The molecule has 0 bridgehead atoms. The molecule has 0 heterocycles. The number of aliphatic hydroxyl groups excluding tert-OH is 2. The van der Waals surface area contributed by atoms with Crippen LogP contribution in [0.15, 0.2) is 12.2 Å². The zero-order valence-electron chi connectivity index (χ0n) is 22.1. The minimum Gasteiger partial charge on any atom is -0.462 e. The molecule has 1 amide bonds. The number of Topliss-reactive ketones (excluding diaryl/α,β-unsaturated/α-hetero) is 1. The number of nitrogens with one attached hydrogen (secondary N) is 1. The fourth-order valence-corrected chi connectivity index (χ4v) is 4.62. The van der Waals surface area contributed by atoms with Gasteiger partial charge in [-0.2, -0.15) is 0 Å². The van der Waals surface area contributed by atoms with E-state index >= 15 is 0 Å². The van der Waals surface area contributed by atoms with Crippen LogP contribution in [0.4, 0.5) is 0 Å². The minimum absolute atomic E-state index is 0.0823. The van der Waals surface area contributed by atoms with Crippen molar-refractivity contribution in [3.8, 4) is 0 Å². The van der Waals surface area contributed by atoms with Crippen molar-refractivity contribution < 1.29 is 44.6 Å². The van der Waals surface area contributed by atoms with Gasteiger partial charge in [0.1, 0.15) is 25.5 Å². The molecule has 0 aromatic rings. The first-order valence-electron chi connectivity index (χ1n) is 13.5. The van der Waals surface area contributed by atoms with Gasteiger partial charge in [0.05, 0.1) is 17.6 Å². The molecular weight excluding hydrogens is 484 g/mol. The number of amides is 1. The van der Waals surface area contributed by atoms with Gasteiger partial charge >= 0.3 is 5.97 Å². The standard InChI is InChI=1S/C26H46N2O9/c1-2-3-4-5-8-11-20(29)14-15-22-21(23(30)18-24(22)31)12-9-6-7-10-13-25(32)27-19-26(33)36-16-17-37-28(34)35/h6,9,21-24,30-31,34-35H,2-5,7-8,10-19H2,1H3,(H,27,32)/b9-6-/t21-,22-,23+,24-/m1/s1. The van der Waals surface area contributed by atoms with Gasteiger partial charge in [-0.25, -0.2) is 4.84 Å². The fourth-order valence-electron chi connectivity index (χ4n) is 4.62.